The Kier molecular flexibility index (Phi) is 10.4. The van der Waals surface area contributed by atoms with E-state index in [1.807, 2.05) is 45.0 Å². The van der Waals surface area contributed by atoms with Gasteiger partial charge in [0.25, 0.3) is 5.91 Å². The fraction of sp³-hybridized carbons (Fsp3) is 0.433. The molecule has 1 atom stereocenters. The average molecular weight is 660 g/mol. The highest BCUT2D eigenvalue weighted by atomic mass is 79.9. The van der Waals surface area contributed by atoms with Crippen LogP contribution in [0.3, 0.4) is 0 Å². The maximum Gasteiger partial charge on any atom is 0.407 e. The lowest BCUT2D eigenvalue weighted by Crippen LogP contribution is -2.50. The number of aromatic amines is 1. The summed E-state index contributed by atoms with van der Waals surface area (Å²) in [5.74, 6) is -0.404. The second-order valence-corrected chi connectivity index (χ2v) is 12.8. The summed E-state index contributed by atoms with van der Waals surface area (Å²) in [5.41, 5.74) is 7.86. The van der Waals surface area contributed by atoms with E-state index in [-0.39, 0.29) is 29.4 Å². The molecule has 12 heteroatoms. The summed E-state index contributed by atoms with van der Waals surface area (Å²) >= 11 is 9.33. The van der Waals surface area contributed by atoms with E-state index in [1.54, 1.807) is 24.3 Å². The van der Waals surface area contributed by atoms with Crippen LogP contribution in [0.2, 0.25) is 5.28 Å². The first-order valence-corrected chi connectivity index (χ1v) is 15.1. The zero-order chi connectivity index (χ0) is 30.4. The largest absolute Gasteiger partial charge is 0.444 e. The summed E-state index contributed by atoms with van der Waals surface area (Å²) in [6.07, 6.45) is 2.50. The Morgan fingerprint density at radius 2 is 1.81 bits per heavy atom. The molecule has 4 N–H and O–H groups in total. The number of nitrogens with one attached hydrogen (secondary N) is 2. The maximum atomic E-state index is 13.9. The molecule has 1 aromatic heterocycles. The lowest BCUT2D eigenvalue weighted by molar-refractivity contribution is -0.130. The number of halogens is 2. The Balaban J connectivity index is 1.48. The molecule has 42 heavy (non-hydrogen) atoms. The van der Waals surface area contributed by atoms with Gasteiger partial charge >= 0.3 is 6.09 Å². The maximum absolute atomic E-state index is 13.9. The number of hydrogen-bond donors (Lipinski definition) is 3. The van der Waals surface area contributed by atoms with E-state index >= 15 is 0 Å². The quantitative estimate of drug-likeness (QED) is 0.284. The zero-order valence-electron chi connectivity index (χ0n) is 23.9. The Bertz CT molecular complexity index is 1400. The molecule has 224 valence electrons. The average Bonchev–Trinajstić information content (AvgIpc) is 3.38. The first-order valence-electron chi connectivity index (χ1n) is 13.9. The van der Waals surface area contributed by atoms with Gasteiger partial charge in [-0.1, -0.05) is 28.1 Å². The van der Waals surface area contributed by atoms with Crippen LogP contribution < -0.4 is 16.0 Å². The van der Waals surface area contributed by atoms with Crippen LogP contribution in [-0.2, 0) is 20.7 Å². The molecular weight excluding hydrogens is 624 g/mol. The minimum Gasteiger partial charge on any atom is -0.444 e. The Hall–Kier alpha value is -3.28. The molecule has 0 bridgehead atoms. The highest BCUT2D eigenvalue weighted by Crippen LogP contribution is 2.32. The van der Waals surface area contributed by atoms with Crippen molar-refractivity contribution in [1.82, 2.24) is 20.5 Å². The number of benzene rings is 2. The van der Waals surface area contributed by atoms with Crippen LogP contribution in [-0.4, -0.2) is 51.3 Å². The van der Waals surface area contributed by atoms with Gasteiger partial charge in [0.2, 0.25) is 11.2 Å². The van der Waals surface area contributed by atoms with E-state index in [4.69, 9.17) is 22.1 Å². The van der Waals surface area contributed by atoms with Crippen molar-refractivity contribution in [2.75, 3.05) is 11.4 Å². The van der Waals surface area contributed by atoms with E-state index in [9.17, 15) is 14.4 Å². The van der Waals surface area contributed by atoms with Gasteiger partial charge in [-0.15, -0.1) is 10.2 Å². The summed E-state index contributed by atoms with van der Waals surface area (Å²) in [5, 5.41) is 10.8. The predicted octanol–water partition coefficient (Wildman–Crippen LogP) is 5.65. The second-order valence-electron chi connectivity index (χ2n) is 11.6. The smallest absolute Gasteiger partial charge is 0.407 e. The number of nitrogens with two attached hydrogens (primary N) is 1. The molecule has 4 rings (SSSR count). The van der Waals surface area contributed by atoms with Gasteiger partial charge in [-0.25, -0.2) is 9.69 Å². The van der Waals surface area contributed by atoms with Crippen LogP contribution >= 0.6 is 27.5 Å². The van der Waals surface area contributed by atoms with E-state index in [0.29, 0.717) is 36.5 Å². The van der Waals surface area contributed by atoms with Crippen LogP contribution in [0.5, 0.6) is 0 Å². The number of aromatic nitrogens is 3. The molecule has 1 heterocycles. The number of rotatable bonds is 8. The number of nitrogens with zero attached hydrogens (tertiary/aromatic N) is 3. The summed E-state index contributed by atoms with van der Waals surface area (Å²) in [7, 11) is 0. The predicted molar refractivity (Wildman–Crippen MR) is 165 cm³/mol. The number of amides is 3. The van der Waals surface area contributed by atoms with Crippen LogP contribution in [0.25, 0.3) is 11.4 Å². The SMILES string of the molecule is CC(C)(C)OC(=O)NC[C@H]1CC[C@H](C(=O)N(C(=O)[C@@H](N)Cc2cccc(Br)c2)c2ccc(-c3nnc(Cl)[nH]3)cc2)CC1. The minimum atomic E-state index is -0.926. The fourth-order valence-corrected chi connectivity index (χ4v) is 5.59. The molecule has 1 aliphatic carbocycles. The first-order chi connectivity index (χ1) is 19.9. The van der Waals surface area contributed by atoms with Gasteiger partial charge in [0.1, 0.15) is 5.60 Å². The van der Waals surface area contributed by atoms with Gasteiger partial charge < -0.3 is 20.8 Å². The minimum absolute atomic E-state index is 0.163. The van der Waals surface area contributed by atoms with E-state index < -0.39 is 23.6 Å². The number of carbonyl (C=O) groups excluding carboxylic acids is 3. The van der Waals surface area contributed by atoms with E-state index in [2.05, 4.69) is 36.4 Å². The summed E-state index contributed by atoms with van der Waals surface area (Å²) in [6.45, 7) is 5.93. The van der Waals surface area contributed by atoms with Gasteiger partial charge in [-0.2, -0.15) is 0 Å². The molecule has 0 saturated heterocycles. The molecule has 2 aromatic carbocycles. The standard InChI is InChI=1S/C30H36BrClN6O4/c1-30(2,3)42-29(41)34-17-18-7-9-21(10-8-18)26(39)38(27(40)24(33)16-19-5-4-6-22(31)15-19)23-13-11-20(12-14-23)25-35-28(32)37-36-25/h4-6,11-15,18,21,24H,7-10,16-17,33H2,1-3H3,(H,34,41)(H,35,36,37)/t18-,21-,24-/m0/s1. The second kappa shape index (κ2) is 13.8. The highest BCUT2D eigenvalue weighted by molar-refractivity contribution is 9.10. The Morgan fingerprint density at radius 3 is 2.40 bits per heavy atom. The number of anilines is 1. The molecule has 0 unspecified atom stereocenters. The highest BCUT2D eigenvalue weighted by Gasteiger charge is 2.35. The van der Waals surface area contributed by atoms with Crippen LogP contribution in [0.4, 0.5) is 10.5 Å². The van der Waals surface area contributed by atoms with Crippen molar-refractivity contribution in [3.63, 3.8) is 0 Å². The molecule has 3 aromatic rings. The summed E-state index contributed by atoms with van der Waals surface area (Å²) in [6, 6.07) is 13.5. The molecule has 0 radical (unpaired) electrons. The first kappa shape index (κ1) is 31.7. The Morgan fingerprint density at radius 1 is 1.12 bits per heavy atom. The molecule has 0 spiro atoms. The third-order valence-corrected chi connectivity index (χ3v) is 7.75. The number of carbonyl (C=O) groups is 3. The molecule has 3 amide bonds. The normalized spacial score (nSPS) is 17.8. The van der Waals surface area contributed by atoms with E-state index in [0.717, 1.165) is 22.9 Å². The van der Waals surface area contributed by atoms with Crippen molar-refractivity contribution in [1.29, 1.82) is 0 Å². The number of ether oxygens (including phenoxy) is 1. The lowest BCUT2D eigenvalue weighted by Gasteiger charge is -2.32. The molecule has 1 saturated carbocycles. The number of alkyl carbamates (subject to hydrolysis) is 1. The molecule has 0 aliphatic heterocycles. The van der Waals surface area contributed by atoms with Gasteiger partial charge in [0.05, 0.1) is 11.7 Å². The topological polar surface area (TPSA) is 143 Å². The van der Waals surface area contributed by atoms with Crippen molar-refractivity contribution in [2.45, 2.75) is 64.5 Å². The van der Waals surface area contributed by atoms with Crippen molar-refractivity contribution >= 4 is 51.1 Å². The van der Waals surface area contributed by atoms with Gasteiger partial charge in [0.15, 0.2) is 5.82 Å². The van der Waals surface area contributed by atoms with Crippen LogP contribution in [0, 0.1) is 11.8 Å². The number of imide groups is 1. The number of hydrogen-bond acceptors (Lipinski definition) is 7. The van der Waals surface area contributed by atoms with Crippen molar-refractivity contribution in [2.24, 2.45) is 17.6 Å². The third-order valence-electron chi connectivity index (χ3n) is 7.09. The van der Waals surface area contributed by atoms with Crippen LogP contribution in [0.15, 0.2) is 53.0 Å². The van der Waals surface area contributed by atoms with Crippen molar-refractivity contribution < 1.29 is 19.1 Å². The van der Waals surface area contributed by atoms with Gasteiger partial charge in [-0.3, -0.25) is 9.59 Å². The molecular formula is C30H36BrClN6O4. The van der Waals surface area contributed by atoms with Crippen molar-refractivity contribution in [3.05, 3.63) is 63.9 Å². The summed E-state index contributed by atoms with van der Waals surface area (Å²) in [4.78, 5) is 43.9. The molecule has 1 fully saturated rings. The monoisotopic (exact) mass is 658 g/mol. The van der Waals surface area contributed by atoms with Gasteiger partial charge in [0, 0.05) is 22.5 Å². The molecule has 10 nitrogen and oxygen atoms in total. The summed E-state index contributed by atoms with van der Waals surface area (Å²) < 4.78 is 6.21. The van der Waals surface area contributed by atoms with Crippen LogP contribution in [0.1, 0.15) is 52.0 Å². The van der Waals surface area contributed by atoms with Crippen molar-refractivity contribution in [3.8, 4) is 11.4 Å². The van der Waals surface area contributed by atoms with Gasteiger partial charge in [-0.05, 0) is 112 Å². The van der Waals surface area contributed by atoms with E-state index in [1.165, 1.54) is 4.90 Å². The Labute approximate surface area is 258 Å². The zero-order valence-corrected chi connectivity index (χ0v) is 26.2. The fourth-order valence-electron chi connectivity index (χ4n) is 5.01. The number of H-pyrrole nitrogens is 1. The molecule has 1 aliphatic rings. The third kappa shape index (κ3) is 8.62. The lowest BCUT2D eigenvalue weighted by atomic mass is 9.81.